The highest BCUT2D eigenvalue weighted by Gasteiger charge is 2.35. The Balaban J connectivity index is 2.16. The summed E-state index contributed by atoms with van der Waals surface area (Å²) in [6, 6.07) is 10.9. The largest absolute Gasteiger partial charge is 0.609 e. The number of nitrogens with zero attached hydrogens (tertiary/aromatic N) is 1. The quantitative estimate of drug-likeness (QED) is 0.541. The third kappa shape index (κ3) is 4.19. The standard InChI is InChI=1S/C18H15ClFNO4S2/c1-2-10-26(22)18-17(27(23,24)15-8-6-13(19)7-9-15)21-16(25-18)12-4-3-5-14(20)11-12/h3-9,11H,2,10H2,1H3. The maximum atomic E-state index is 13.5. The minimum atomic E-state index is -4.10. The number of halogens is 2. The van der Waals surface area contributed by atoms with Gasteiger partial charge in [0.1, 0.15) is 11.6 Å². The van der Waals surface area contributed by atoms with Gasteiger partial charge in [0.2, 0.25) is 15.7 Å². The predicted octanol–water partition coefficient (Wildman–Crippen LogP) is 4.48. The minimum Gasteiger partial charge on any atom is -0.609 e. The molecule has 0 N–H and O–H groups in total. The summed E-state index contributed by atoms with van der Waals surface area (Å²) in [5, 5.41) is -0.300. The molecule has 0 aliphatic heterocycles. The van der Waals surface area contributed by atoms with Crippen molar-refractivity contribution in [2.45, 2.75) is 28.4 Å². The van der Waals surface area contributed by atoms with E-state index >= 15 is 0 Å². The molecule has 0 saturated heterocycles. The first-order chi connectivity index (χ1) is 12.8. The summed E-state index contributed by atoms with van der Waals surface area (Å²) in [5.74, 6) is -0.425. The number of benzene rings is 2. The summed E-state index contributed by atoms with van der Waals surface area (Å²) in [6.07, 6.45) is 0.559. The van der Waals surface area contributed by atoms with E-state index in [2.05, 4.69) is 4.98 Å². The van der Waals surface area contributed by atoms with Crippen LogP contribution in [0.4, 0.5) is 4.39 Å². The molecule has 0 amide bonds. The van der Waals surface area contributed by atoms with Gasteiger partial charge in [-0.2, -0.15) is 4.98 Å². The van der Waals surface area contributed by atoms with Crippen molar-refractivity contribution >= 4 is 32.6 Å². The first-order valence-corrected chi connectivity index (χ1v) is 11.2. The molecule has 0 spiro atoms. The van der Waals surface area contributed by atoms with Gasteiger partial charge in [-0.1, -0.05) is 24.6 Å². The van der Waals surface area contributed by atoms with Crippen LogP contribution < -0.4 is 0 Å². The van der Waals surface area contributed by atoms with Gasteiger partial charge in [0.05, 0.1) is 4.90 Å². The molecule has 0 fully saturated rings. The van der Waals surface area contributed by atoms with Gasteiger partial charge in [-0.25, -0.2) is 12.8 Å². The second kappa shape index (κ2) is 8.02. The van der Waals surface area contributed by atoms with Crippen LogP contribution in [-0.4, -0.2) is 23.7 Å². The molecule has 1 heterocycles. The Hall–Kier alpha value is -1.87. The Morgan fingerprint density at radius 1 is 1.22 bits per heavy atom. The summed E-state index contributed by atoms with van der Waals surface area (Å²) in [6.45, 7) is 1.81. The first kappa shape index (κ1) is 19.9. The molecule has 1 atom stereocenters. The van der Waals surface area contributed by atoms with E-state index in [4.69, 9.17) is 16.0 Å². The molecule has 3 aromatic rings. The van der Waals surface area contributed by atoms with Crippen LogP contribution in [-0.2, 0) is 21.0 Å². The lowest BCUT2D eigenvalue weighted by Crippen LogP contribution is -2.11. The van der Waals surface area contributed by atoms with Crippen molar-refractivity contribution < 1.29 is 21.8 Å². The molecule has 0 aliphatic rings. The van der Waals surface area contributed by atoms with Crippen molar-refractivity contribution in [1.82, 2.24) is 4.98 Å². The Morgan fingerprint density at radius 2 is 1.93 bits per heavy atom. The lowest BCUT2D eigenvalue weighted by Gasteiger charge is -2.07. The number of sulfone groups is 1. The van der Waals surface area contributed by atoms with Crippen LogP contribution in [0.5, 0.6) is 0 Å². The van der Waals surface area contributed by atoms with Crippen molar-refractivity contribution in [2.24, 2.45) is 0 Å². The first-order valence-electron chi connectivity index (χ1n) is 7.98. The molecular formula is C18H15ClFNO4S2. The van der Waals surface area contributed by atoms with Crippen molar-refractivity contribution in [3.05, 3.63) is 59.4 Å². The fourth-order valence-electron chi connectivity index (χ4n) is 2.35. The van der Waals surface area contributed by atoms with Crippen molar-refractivity contribution in [2.75, 3.05) is 5.75 Å². The normalized spacial score (nSPS) is 12.9. The van der Waals surface area contributed by atoms with Crippen LogP contribution >= 0.6 is 11.6 Å². The predicted molar refractivity (Wildman–Crippen MR) is 100 cm³/mol. The molecule has 0 aliphatic carbocycles. The van der Waals surface area contributed by atoms with E-state index in [0.29, 0.717) is 11.4 Å². The maximum Gasteiger partial charge on any atom is 0.351 e. The molecule has 2 aromatic carbocycles. The molecule has 0 bridgehead atoms. The molecule has 142 valence electrons. The SMILES string of the molecule is CCC[S+]([O-])c1oc(-c2cccc(F)c2)nc1S(=O)(=O)c1ccc(Cl)cc1. The molecule has 0 saturated carbocycles. The molecule has 1 unspecified atom stereocenters. The number of hydrogen-bond acceptors (Lipinski definition) is 5. The monoisotopic (exact) mass is 427 g/mol. The van der Waals surface area contributed by atoms with Crippen molar-refractivity contribution in [3.63, 3.8) is 0 Å². The summed E-state index contributed by atoms with van der Waals surface area (Å²) < 4.78 is 57.6. The van der Waals surface area contributed by atoms with E-state index in [9.17, 15) is 17.4 Å². The molecule has 5 nitrogen and oxygen atoms in total. The molecular weight excluding hydrogens is 413 g/mol. The smallest absolute Gasteiger partial charge is 0.351 e. The van der Waals surface area contributed by atoms with Crippen LogP contribution in [0.2, 0.25) is 5.02 Å². The maximum absolute atomic E-state index is 13.5. The molecule has 9 heteroatoms. The van der Waals surface area contributed by atoms with Crippen LogP contribution in [0.25, 0.3) is 11.5 Å². The lowest BCUT2D eigenvalue weighted by atomic mass is 10.2. The number of oxazole rings is 1. The zero-order valence-electron chi connectivity index (χ0n) is 14.2. The highest BCUT2D eigenvalue weighted by molar-refractivity contribution is 7.94. The molecule has 27 heavy (non-hydrogen) atoms. The zero-order chi connectivity index (χ0) is 19.6. The van der Waals surface area contributed by atoms with E-state index in [1.165, 1.54) is 42.5 Å². The van der Waals surface area contributed by atoms with Gasteiger partial charge in [0.15, 0.2) is 0 Å². The highest BCUT2D eigenvalue weighted by atomic mass is 35.5. The van der Waals surface area contributed by atoms with E-state index in [1.54, 1.807) is 0 Å². The van der Waals surface area contributed by atoms with E-state index in [0.717, 1.165) is 6.07 Å². The summed E-state index contributed by atoms with van der Waals surface area (Å²) in [4.78, 5) is 3.99. The number of aromatic nitrogens is 1. The Bertz CT molecular complexity index is 1050. The average molecular weight is 428 g/mol. The average Bonchev–Trinajstić information content (AvgIpc) is 3.09. The van der Waals surface area contributed by atoms with E-state index < -0.39 is 31.9 Å². The third-order valence-corrected chi connectivity index (χ3v) is 7.14. The minimum absolute atomic E-state index is 0.0549. The Labute approximate surface area is 164 Å². The number of rotatable bonds is 6. The zero-order valence-corrected chi connectivity index (χ0v) is 16.6. The van der Waals surface area contributed by atoms with Gasteiger partial charge in [0, 0.05) is 21.8 Å². The molecule has 0 radical (unpaired) electrons. The van der Waals surface area contributed by atoms with E-state index in [1.807, 2.05) is 6.92 Å². The second-order valence-electron chi connectivity index (χ2n) is 5.63. The van der Waals surface area contributed by atoms with Crippen LogP contribution in [0.1, 0.15) is 13.3 Å². The van der Waals surface area contributed by atoms with Gasteiger partial charge in [-0.15, -0.1) is 0 Å². The fourth-order valence-corrected chi connectivity index (χ4v) is 5.24. The topological polar surface area (TPSA) is 83.2 Å². The van der Waals surface area contributed by atoms with Gasteiger partial charge in [-0.05, 0) is 48.9 Å². The Kier molecular flexibility index (Phi) is 5.90. The van der Waals surface area contributed by atoms with E-state index in [-0.39, 0.29) is 27.2 Å². The second-order valence-corrected chi connectivity index (χ2v) is 9.40. The molecule has 1 aromatic heterocycles. The van der Waals surface area contributed by atoms with Gasteiger partial charge >= 0.3 is 5.09 Å². The van der Waals surface area contributed by atoms with Gasteiger partial charge < -0.3 is 8.97 Å². The third-order valence-electron chi connectivity index (χ3n) is 3.61. The lowest BCUT2D eigenvalue weighted by molar-refractivity contribution is 0.444. The summed E-state index contributed by atoms with van der Waals surface area (Å²) in [5.41, 5.74) is 0.252. The van der Waals surface area contributed by atoms with Crippen LogP contribution in [0, 0.1) is 5.82 Å². The van der Waals surface area contributed by atoms with Crippen molar-refractivity contribution in [3.8, 4) is 11.5 Å². The summed E-state index contributed by atoms with van der Waals surface area (Å²) in [7, 11) is -4.10. The number of hydrogen-bond donors (Lipinski definition) is 0. The Morgan fingerprint density at radius 3 is 2.56 bits per heavy atom. The summed E-state index contributed by atoms with van der Waals surface area (Å²) >= 11 is 4.11. The fraction of sp³-hybridized carbons (Fsp3) is 0.167. The highest BCUT2D eigenvalue weighted by Crippen LogP contribution is 2.33. The van der Waals surface area contributed by atoms with Crippen LogP contribution in [0.15, 0.2) is 68.0 Å². The molecule has 3 rings (SSSR count). The van der Waals surface area contributed by atoms with Crippen LogP contribution in [0.3, 0.4) is 0 Å². The van der Waals surface area contributed by atoms with Gasteiger partial charge in [0.25, 0.3) is 5.03 Å². The van der Waals surface area contributed by atoms with Crippen molar-refractivity contribution in [1.29, 1.82) is 0 Å². The van der Waals surface area contributed by atoms with Gasteiger partial charge in [-0.3, -0.25) is 0 Å².